The van der Waals surface area contributed by atoms with Gasteiger partial charge in [0.2, 0.25) is 0 Å². The summed E-state index contributed by atoms with van der Waals surface area (Å²) in [5.41, 5.74) is 1.76. The number of carbonyl (C=O) groups is 1. The van der Waals surface area contributed by atoms with E-state index in [4.69, 9.17) is 0 Å². The van der Waals surface area contributed by atoms with E-state index in [-0.39, 0.29) is 11.9 Å². The Kier molecular flexibility index (Phi) is 4.40. The Balaban J connectivity index is 2.05. The standard InChI is InChI=1S/C14H19BrN2O/c1-9-8-11(6-7-16-9)17-14(18)12-4-3-5-13(15)10(12)2/h3-5,9,11,16H,6-8H2,1-2H3,(H,17,18). The summed E-state index contributed by atoms with van der Waals surface area (Å²) in [5.74, 6) is 0.0351. The molecule has 18 heavy (non-hydrogen) atoms. The van der Waals surface area contributed by atoms with Gasteiger partial charge in [-0.25, -0.2) is 0 Å². The number of carbonyl (C=O) groups excluding carboxylic acids is 1. The largest absolute Gasteiger partial charge is 0.349 e. The topological polar surface area (TPSA) is 41.1 Å². The molecule has 2 rings (SSSR count). The quantitative estimate of drug-likeness (QED) is 0.881. The van der Waals surface area contributed by atoms with Crippen molar-refractivity contribution in [2.24, 2.45) is 0 Å². The smallest absolute Gasteiger partial charge is 0.251 e. The number of nitrogens with one attached hydrogen (secondary N) is 2. The Morgan fingerprint density at radius 3 is 3.00 bits per heavy atom. The van der Waals surface area contributed by atoms with Crippen LogP contribution in [0.4, 0.5) is 0 Å². The monoisotopic (exact) mass is 310 g/mol. The van der Waals surface area contributed by atoms with Crippen LogP contribution in [0.5, 0.6) is 0 Å². The Morgan fingerprint density at radius 2 is 2.28 bits per heavy atom. The van der Waals surface area contributed by atoms with Gasteiger partial charge in [0.25, 0.3) is 5.91 Å². The number of hydrogen-bond acceptors (Lipinski definition) is 2. The van der Waals surface area contributed by atoms with Gasteiger partial charge in [-0.05, 0) is 50.9 Å². The number of halogens is 1. The van der Waals surface area contributed by atoms with Gasteiger partial charge >= 0.3 is 0 Å². The van der Waals surface area contributed by atoms with Crippen LogP contribution in [-0.4, -0.2) is 24.5 Å². The molecule has 1 amide bonds. The fourth-order valence-electron chi connectivity index (χ4n) is 2.38. The number of amides is 1. The summed E-state index contributed by atoms with van der Waals surface area (Å²) in [7, 11) is 0. The molecule has 0 radical (unpaired) electrons. The van der Waals surface area contributed by atoms with E-state index in [1.165, 1.54) is 0 Å². The molecule has 1 heterocycles. The van der Waals surface area contributed by atoms with E-state index in [0.717, 1.165) is 35.0 Å². The number of hydrogen-bond donors (Lipinski definition) is 2. The fourth-order valence-corrected chi connectivity index (χ4v) is 2.75. The first-order chi connectivity index (χ1) is 8.58. The highest BCUT2D eigenvalue weighted by molar-refractivity contribution is 9.10. The molecule has 1 aliphatic rings. The van der Waals surface area contributed by atoms with Crippen molar-refractivity contribution >= 4 is 21.8 Å². The first-order valence-corrected chi connectivity index (χ1v) is 7.16. The van der Waals surface area contributed by atoms with Gasteiger partial charge in [-0.3, -0.25) is 4.79 Å². The summed E-state index contributed by atoms with van der Waals surface area (Å²) < 4.78 is 0.980. The van der Waals surface area contributed by atoms with Crippen LogP contribution in [0, 0.1) is 6.92 Å². The highest BCUT2D eigenvalue weighted by Gasteiger charge is 2.21. The summed E-state index contributed by atoms with van der Waals surface area (Å²) in [6, 6.07) is 6.50. The van der Waals surface area contributed by atoms with Crippen molar-refractivity contribution < 1.29 is 4.79 Å². The van der Waals surface area contributed by atoms with E-state index in [9.17, 15) is 4.79 Å². The third-order valence-corrected chi connectivity index (χ3v) is 4.33. The lowest BCUT2D eigenvalue weighted by atomic mass is 9.99. The summed E-state index contributed by atoms with van der Waals surface area (Å²) >= 11 is 3.46. The van der Waals surface area contributed by atoms with Crippen LogP contribution in [-0.2, 0) is 0 Å². The molecule has 1 aromatic rings. The average Bonchev–Trinajstić information content (AvgIpc) is 2.32. The molecule has 2 atom stereocenters. The Hall–Kier alpha value is -0.870. The van der Waals surface area contributed by atoms with Crippen LogP contribution in [0.25, 0.3) is 0 Å². The highest BCUT2D eigenvalue weighted by Crippen LogP contribution is 2.20. The molecule has 2 unspecified atom stereocenters. The van der Waals surface area contributed by atoms with E-state index in [1.807, 2.05) is 25.1 Å². The molecule has 0 spiro atoms. The van der Waals surface area contributed by atoms with Gasteiger partial charge in [0.05, 0.1) is 0 Å². The lowest BCUT2D eigenvalue weighted by Gasteiger charge is -2.28. The van der Waals surface area contributed by atoms with E-state index in [0.29, 0.717) is 6.04 Å². The van der Waals surface area contributed by atoms with Gasteiger partial charge in [-0.1, -0.05) is 22.0 Å². The molecule has 1 saturated heterocycles. The number of piperidine rings is 1. The van der Waals surface area contributed by atoms with Gasteiger partial charge in [0.15, 0.2) is 0 Å². The zero-order valence-electron chi connectivity index (χ0n) is 10.8. The zero-order valence-corrected chi connectivity index (χ0v) is 12.4. The molecule has 1 fully saturated rings. The van der Waals surface area contributed by atoms with Crippen molar-refractivity contribution in [1.82, 2.24) is 10.6 Å². The van der Waals surface area contributed by atoms with Crippen molar-refractivity contribution in [2.45, 2.75) is 38.8 Å². The Labute approximate surface area is 116 Å². The molecular formula is C14H19BrN2O. The van der Waals surface area contributed by atoms with Crippen molar-refractivity contribution in [3.63, 3.8) is 0 Å². The minimum absolute atomic E-state index is 0.0351. The molecule has 0 bridgehead atoms. The summed E-state index contributed by atoms with van der Waals surface area (Å²) in [6.07, 6.45) is 2.00. The maximum atomic E-state index is 12.2. The molecule has 98 valence electrons. The third kappa shape index (κ3) is 3.12. The first-order valence-electron chi connectivity index (χ1n) is 6.37. The molecule has 0 saturated carbocycles. The molecule has 2 N–H and O–H groups in total. The molecule has 0 aliphatic carbocycles. The molecular weight excluding hydrogens is 292 g/mol. The van der Waals surface area contributed by atoms with Gasteiger partial charge in [0.1, 0.15) is 0 Å². The van der Waals surface area contributed by atoms with E-state index >= 15 is 0 Å². The molecule has 1 aromatic carbocycles. The lowest BCUT2D eigenvalue weighted by molar-refractivity contribution is 0.0925. The van der Waals surface area contributed by atoms with Crippen LogP contribution in [0.3, 0.4) is 0 Å². The van der Waals surface area contributed by atoms with Gasteiger partial charge < -0.3 is 10.6 Å². The van der Waals surface area contributed by atoms with Crippen LogP contribution < -0.4 is 10.6 Å². The zero-order chi connectivity index (χ0) is 13.1. The molecule has 1 aliphatic heterocycles. The fraction of sp³-hybridized carbons (Fsp3) is 0.500. The second kappa shape index (κ2) is 5.85. The van der Waals surface area contributed by atoms with Crippen LogP contribution in [0.2, 0.25) is 0 Å². The summed E-state index contributed by atoms with van der Waals surface area (Å²) in [6.45, 7) is 5.09. The maximum Gasteiger partial charge on any atom is 0.251 e. The van der Waals surface area contributed by atoms with Crippen LogP contribution in [0.1, 0.15) is 35.7 Å². The van der Waals surface area contributed by atoms with Crippen LogP contribution >= 0.6 is 15.9 Å². The molecule has 4 heteroatoms. The second-order valence-corrected chi connectivity index (χ2v) is 5.82. The predicted molar refractivity (Wildman–Crippen MR) is 76.8 cm³/mol. The van der Waals surface area contributed by atoms with E-state index in [2.05, 4.69) is 33.5 Å². The molecule has 3 nitrogen and oxygen atoms in total. The third-order valence-electron chi connectivity index (χ3n) is 3.47. The Bertz CT molecular complexity index is 447. The van der Waals surface area contributed by atoms with Crippen molar-refractivity contribution in [3.05, 3.63) is 33.8 Å². The number of rotatable bonds is 2. The lowest BCUT2D eigenvalue weighted by Crippen LogP contribution is -2.46. The number of benzene rings is 1. The summed E-state index contributed by atoms with van der Waals surface area (Å²) in [4.78, 5) is 12.2. The van der Waals surface area contributed by atoms with Crippen LogP contribution in [0.15, 0.2) is 22.7 Å². The van der Waals surface area contributed by atoms with Crippen molar-refractivity contribution in [3.8, 4) is 0 Å². The highest BCUT2D eigenvalue weighted by atomic mass is 79.9. The average molecular weight is 311 g/mol. The second-order valence-electron chi connectivity index (χ2n) is 4.96. The minimum atomic E-state index is 0.0351. The predicted octanol–water partition coefficient (Wildman–Crippen LogP) is 2.63. The SMILES string of the molecule is Cc1c(Br)cccc1C(=O)NC1CCNC(C)C1. The van der Waals surface area contributed by atoms with E-state index in [1.54, 1.807) is 0 Å². The molecule has 0 aromatic heterocycles. The minimum Gasteiger partial charge on any atom is -0.349 e. The van der Waals surface area contributed by atoms with Gasteiger partial charge in [0, 0.05) is 22.1 Å². The normalized spacial score (nSPS) is 23.7. The van der Waals surface area contributed by atoms with Gasteiger partial charge in [-0.15, -0.1) is 0 Å². The van der Waals surface area contributed by atoms with Crippen molar-refractivity contribution in [1.29, 1.82) is 0 Å². The summed E-state index contributed by atoms with van der Waals surface area (Å²) in [5, 5.41) is 6.52. The van der Waals surface area contributed by atoms with E-state index < -0.39 is 0 Å². The Morgan fingerprint density at radius 1 is 1.50 bits per heavy atom. The first kappa shape index (κ1) is 13.6. The van der Waals surface area contributed by atoms with Crippen molar-refractivity contribution in [2.75, 3.05) is 6.54 Å². The maximum absolute atomic E-state index is 12.2. The van der Waals surface area contributed by atoms with Gasteiger partial charge in [-0.2, -0.15) is 0 Å².